The Morgan fingerprint density at radius 1 is 1.15 bits per heavy atom. The third-order valence-electron chi connectivity index (χ3n) is 4.76. The van der Waals surface area contributed by atoms with Crippen molar-refractivity contribution in [2.45, 2.75) is 25.3 Å². The molecule has 4 aromatic rings. The molecular weight excluding hydrogens is 334 g/mol. The fraction of sp³-hybridized carbons (Fsp3) is 0.375. The highest BCUT2D eigenvalue weighted by Gasteiger charge is 2.25. The van der Waals surface area contributed by atoms with Crippen LogP contribution in [0.1, 0.15) is 30.3 Å². The van der Waals surface area contributed by atoms with E-state index in [0.717, 1.165) is 55.5 Å². The van der Waals surface area contributed by atoms with Crippen LogP contribution in [0.2, 0.25) is 0 Å². The van der Waals surface area contributed by atoms with Gasteiger partial charge in [0.25, 0.3) is 0 Å². The Kier molecular flexibility index (Phi) is 3.67. The average Bonchev–Trinajstić information content (AvgIpc) is 3.43. The van der Waals surface area contributed by atoms with Crippen LogP contribution in [0.4, 0.5) is 0 Å². The molecule has 0 aliphatic carbocycles. The van der Waals surface area contributed by atoms with Gasteiger partial charge in [-0.1, -0.05) is 10.3 Å². The van der Waals surface area contributed by atoms with Crippen LogP contribution in [0, 0.1) is 0 Å². The van der Waals surface area contributed by atoms with E-state index in [0.29, 0.717) is 5.92 Å². The Bertz CT molecular complexity index is 984. The molecule has 0 spiro atoms. The van der Waals surface area contributed by atoms with Crippen molar-refractivity contribution in [2.24, 2.45) is 0 Å². The Labute approximate surface area is 148 Å². The van der Waals surface area contributed by atoms with E-state index in [9.17, 15) is 0 Å². The predicted octanol–water partition coefficient (Wildman–Crippen LogP) is 1.07. The minimum absolute atomic E-state index is 0.331. The number of hydrogen-bond acceptors (Lipinski definition) is 8. The topological polar surface area (TPSA) is 103 Å². The van der Waals surface area contributed by atoms with Crippen LogP contribution in [0.3, 0.4) is 0 Å². The van der Waals surface area contributed by atoms with Gasteiger partial charge in [-0.25, -0.2) is 9.31 Å². The molecule has 5 rings (SSSR count). The Morgan fingerprint density at radius 2 is 2.08 bits per heavy atom. The molecule has 10 heteroatoms. The molecule has 1 aliphatic rings. The van der Waals surface area contributed by atoms with Gasteiger partial charge in [0.05, 0.1) is 6.20 Å². The lowest BCUT2D eigenvalue weighted by molar-refractivity contribution is 0.194. The van der Waals surface area contributed by atoms with Gasteiger partial charge in [-0.15, -0.1) is 15.3 Å². The fourth-order valence-electron chi connectivity index (χ4n) is 3.41. The first-order valence-corrected chi connectivity index (χ1v) is 8.58. The predicted molar refractivity (Wildman–Crippen MR) is 89.5 cm³/mol. The zero-order chi connectivity index (χ0) is 17.3. The molecule has 0 N–H and O–H groups in total. The van der Waals surface area contributed by atoms with E-state index in [4.69, 9.17) is 0 Å². The molecule has 0 radical (unpaired) electrons. The monoisotopic (exact) mass is 351 g/mol. The number of rotatable bonds is 4. The fourth-order valence-corrected chi connectivity index (χ4v) is 3.41. The van der Waals surface area contributed by atoms with Gasteiger partial charge < -0.3 is 0 Å². The van der Waals surface area contributed by atoms with Gasteiger partial charge in [-0.05, 0) is 44.1 Å². The van der Waals surface area contributed by atoms with E-state index >= 15 is 0 Å². The number of piperidine rings is 1. The molecule has 0 aromatic carbocycles. The highest BCUT2D eigenvalue weighted by molar-refractivity contribution is 5.39. The number of fused-ring (bicyclic) bond motifs is 1. The Hall–Kier alpha value is -3.14. The second kappa shape index (κ2) is 6.30. The van der Waals surface area contributed by atoms with Gasteiger partial charge in [-0.2, -0.15) is 9.61 Å². The zero-order valence-corrected chi connectivity index (χ0v) is 14.0. The van der Waals surface area contributed by atoms with Crippen LogP contribution in [-0.2, 0) is 6.54 Å². The van der Waals surface area contributed by atoms with E-state index in [-0.39, 0.29) is 0 Å². The van der Waals surface area contributed by atoms with Crippen molar-refractivity contribution in [3.05, 3.63) is 48.3 Å². The summed E-state index contributed by atoms with van der Waals surface area (Å²) >= 11 is 0. The van der Waals surface area contributed by atoms with E-state index in [2.05, 4.69) is 40.2 Å². The van der Waals surface area contributed by atoms with E-state index < -0.39 is 0 Å². The molecule has 0 bridgehead atoms. The summed E-state index contributed by atoms with van der Waals surface area (Å²) in [5.74, 6) is 1.99. The summed E-state index contributed by atoms with van der Waals surface area (Å²) < 4.78 is 8.24. The van der Waals surface area contributed by atoms with E-state index in [1.807, 2.05) is 28.9 Å². The summed E-state index contributed by atoms with van der Waals surface area (Å²) in [5.41, 5.74) is 1.62. The lowest BCUT2D eigenvalue weighted by Gasteiger charge is -2.30. The maximum absolute atomic E-state index is 4.68. The van der Waals surface area contributed by atoms with Crippen molar-refractivity contribution >= 4 is 5.65 Å². The molecule has 0 saturated carbocycles. The second-order valence-corrected chi connectivity index (χ2v) is 6.42. The summed E-state index contributed by atoms with van der Waals surface area (Å²) in [7, 11) is 0. The SMILES string of the molecule is c1cnn(-c2ccc3nnc(C4CCN(Cc5cnon5)CC4)n3n2)c1. The first-order valence-electron chi connectivity index (χ1n) is 8.58. The maximum atomic E-state index is 4.68. The van der Waals surface area contributed by atoms with Gasteiger partial charge >= 0.3 is 0 Å². The molecular formula is C16H17N9O. The summed E-state index contributed by atoms with van der Waals surface area (Å²) in [4.78, 5) is 2.35. The number of aromatic nitrogens is 8. The molecule has 1 saturated heterocycles. The molecule has 0 amide bonds. The summed E-state index contributed by atoms with van der Waals surface area (Å²) in [6.45, 7) is 2.69. The molecule has 4 aromatic heterocycles. The molecule has 10 nitrogen and oxygen atoms in total. The minimum Gasteiger partial charge on any atom is -0.297 e. The first kappa shape index (κ1) is 15.1. The van der Waals surface area contributed by atoms with Crippen molar-refractivity contribution in [3.8, 4) is 5.82 Å². The van der Waals surface area contributed by atoms with Crippen LogP contribution in [0.5, 0.6) is 0 Å². The largest absolute Gasteiger partial charge is 0.297 e. The Morgan fingerprint density at radius 3 is 2.85 bits per heavy atom. The average molecular weight is 351 g/mol. The molecule has 5 heterocycles. The quantitative estimate of drug-likeness (QED) is 0.538. The van der Waals surface area contributed by atoms with E-state index in [1.54, 1.807) is 17.1 Å². The number of nitrogens with zero attached hydrogens (tertiary/aromatic N) is 9. The van der Waals surface area contributed by atoms with Gasteiger partial charge in [-0.3, -0.25) is 4.90 Å². The minimum atomic E-state index is 0.331. The molecule has 26 heavy (non-hydrogen) atoms. The highest BCUT2D eigenvalue weighted by Crippen LogP contribution is 2.27. The van der Waals surface area contributed by atoms with Crippen molar-refractivity contribution in [3.63, 3.8) is 0 Å². The molecule has 0 unspecified atom stereocenters. The van der Waals surface area contributed by atoms with Crippen molar-refractivity contribution in [1.82, 2.24) is 44.8 Å². The zero-order valence-electron chi connectivity index (χ0n) is 14.0. The van der Waals surface area contributed by atoms with Gasteiger partial charge in [0, 0.05) is 24.9 Å². The third-order valence-corrected chi connectivity index (χ3v) is 4.76. The van der Waals surface area contributed by atoms with Crippen LogP contribution < -0.4 is 0 Å². The van der Waals surface area contributed by atoms with Crippen LogP contribution in [-0.4, -0.2) is 57.9 Å². The standard InChI is InChI=1S/C16H17N9O/c1-6-17-24(7-1)15-3-2-14-19-20-16(25(14)21-15)12-4-8-23(9-5-12)11-13-10-18-26-22-13/h1-3,6-7,10,12H,4-5,8-9,11H2. The normalized spacial score (nSPS) is 16.5. The molecule has 1 aliphatic heterocycles. The third kappa shape index (κ3) is 2.73. The van der Waals surface area contributed by atoms with Crippen LogP contribution in [0.15, 0.2) is 41.4 Å². The lowest BCUT2D eigenvalue weighted by Crippen LogP contribution is -2.33. The number of hydrogen-bond donors (Lipinski definition) is 0. The summed E-state index contributed by atoms with van der Waals surface area (Å²) in [5, 5.41) is 25.1. The lowest BCUT2D eigenvalue weighted by atomic mass is 9.96. The molecule has 0 atom stereocenters. The first-order chi connectivity index (χ1) is 12.9. The maximum Gasteiger partial charge on any atom is 0.178 e. The highest BCUT2D eigenvalue weighted by atomic mass is 16.6. The molecule has 1 fully saturated rings. The summed E-state index contributed by atoms with van der Waals surface area (Å²) in [6.07, 6.45) is 7.27. The van der Waals surface area contributed by atoms with Crippen molar-refractivity contribution in [2.75, 3.05) is 13.1 Å². The second-order valence-electron chi connectivity index (χ2n) is 6.42. The van der Waals surface area contributed by atoms with Gasteiger partial charge in [0.1, 0.15) is 5.69 Å². The van der Waals surface area contributed by atoms with Crippen LogP contribution in [0.25, 0.3) is 11.5 Å². The summed E-state index contributed by atoms with van der Waals surface area (Å²) in [6, 6.07) is 5.70. The van der Waals surface area contributed by atoms with Gasteiger partial charge in [0.2, 0.25) is 0 Å². The Balaban J connectivity index is 1.35. The van der Waals surface area contributed by atoms with Crippen molar-refractivity contribution in [1.29, 1.82) is 0 Å². The smallest absolute Gasteiger partial charge is 0.178 e. The van der Waals surface area contributed by atoms with E-state index in [1.165, 1.54) is 0 Å². The van der Waals surface area contributed by atoms with Crippen molar-refractivity contribution < 1.29 is 4.63 Å². The number of likely N-dealkylation sites (tertiary alicyclic amines) is 1. The molecule has 132 valence electrons. The van der Waals surface area contributed by atoms with Crippen LogP contribution >= 0.6 is 0 Å². The van der Waals surface area contributed by atoms with Gasteiger partial charge in [0.15, 0.2) is 17.3 Å².